The molecule has 0 amide bonds. The number of nitrogens with zero attached hydrogens (tertiary/aromatic N) is 2. The number of rotatable bonds is 2. The average Bonchev–Trinajstić information content (AvgIpc) is 2.48. The normalized spacial score (nSPS) is 10.7. The summed E-state index contributed by atoms with van der Waals surface area (Å²) in [6.07, 6.45) is 1.74. The van der Waals surface area contributed by atoms with Crippen LogP contribution in [0.15, 0.2) is 24.4 Å². The van der Waals surface area contributed by atoms with Gasteiger partial charge in [-0.05, 0) is 30.7 Å². The van der Waals surface area contributed by atoms with Gasteiger partial charge in [0.05, 0.1) is 12.7 Å². The fourth-order valence-corrected chi connectivity index (χ4v) is 2.14. The first-order valence-corrected chi connectivity index (χ1v) is 5.54. The van der Waals surface area contributed by atoms with Crippen molar-refractivity contribution in [1.82, 2.24) is 9.55 Å². The Kier molecular flexibility index (Phi) is 3.08. The van der Waals surface area contributed by atoms with E-state index < -0.39 is 0 Å². The lowest BCUT2D eigenvalue weighted by Gasteiger charge is -2.08. The molecule has 0 fully saturated rings. The molecule has 0 bridgehead atoms. The lowest BCUT2D eigenvalue weighted by molar-refractivity contribution is 0.783. The van der Waals surface area contributed by atoms with E-state index in [1.54, 1.807) is 12.3 Å². The third-order valence-corrected chi connectivity index (χ3v) is 2.79. The van der Waals surface area contributed by atoms with Gasteiger partial charge in [-0.3, -0.25) is 0 Å². The van der Waals surface area contributed by atoms with Crippen LogP contribution in [-0.2, 0) is 6.54 Å². The van der Waals surface area contributed by atoms with E-state index in [4.69, 9.17) is 28.9 Å². The molecule has 84 valence electrons. The van der Waals surface area contributed by atoms with Gasteiger partial charge in [-0.2, -0.15) is 0 Å². The molecule has 1 aromatic carbocycles. The molecule has 1 aromatic heterocycles. The number of nitrogen functional groups attached to an aromatic ring is 1. The maximum absolute atomic E-state index is 5.93. The molecule has 0 saturated heterocycles. The van der Waals surface area contributed by atoms with Crippen LogP contribution in [0.25, 0.3) is 0 Å². The minimum atomic E-state index is 0.494. The zero-order valence-electron chi connectivity index (χ0n) is 8.74. The van der Waals surface area contributed by atoms with E-state index in [0.717, 1.165) is 11.3 Å². The van der Waals surface area contributed by atoms with Crippen LogP contribution in [0.3, 0.4) is 0 Å². The number of benzene rings is 1. The zero-order valence-corrected chi connectivity index (χ0v) is 10.3. The number of halogens is 2. The molecule has 3 nitrogen and oxygen atoms in total. The van der Waals surface area contributed by atoms with Gasteiger partial charge in [0.15, 0.2) is 0 Å². The summed E-state index contributed by atoms with van der Waals surface area (Å²) in [5.41, 5.74) is 7.76. The lowest BCUT2D eigenvalue weighted by atomic mass is 10.2. The first-order valence-electron chi connectivity index (χ1n) is 4.79. The van der Waals surface area contributed by atoms with E-state index in [9.17, 15) is 0 Å². The Balaban J connectivity index is 2.34. The highest BCUT2D eigenvalue weighted by molar-refractivity contribution is 6.34. The summed E-state index contributed by atoms with van der Waals surface area (Å²) in [6.45, 7) is 2.58. The third kappa shape index (κ3) is 2.31. The highest BCUT2D eigenvalue weighted by Gasteiger charge is 2.05. The molecule has 0 unspecified atom stereocenters. The Bertz CT molecular complexity index is 480. The molecule has 0 spiro atoms. The number of aromatic nitrogens is 2. The van der Waals surface area contributed by atoms with Gasteiger partial charge >= 0.3 is 0 Å². The fourth-order valence-electron chi connectivity index (χ4n) is 1.57. The highest BCUT2D eigenvalue weighted by Crippen LogP contribution is 2.20. The van der Waals surface area contributed by atoms with Crippen molar-refractivity contribution in [2.75, 3.05) is 5.73 Å². The van der Waals surface area contributed by atoms with E-state index in [1.165, 1.54) is 0 Å². The molecule has 2 rings (SSSR count). The van der Waals surface area contributed by atoms with Gasteiger partial charge in [-0.25, -0.2) is 4.98 Å². The first kappa shape index (κ1) is 11.3. The monoisotopic (exact) mass is 255 g/mol. The molecule has 2 aromatic rings. The van der Waals surface area contributed by atoms with Gasteiger partial charge in [0.1, 0.15) is 0 Å². The van der Waals surface area contributed by atoms with Crippen molar-refractivity contribution in [3.8, 4) is 0 Å². The minimum absolute atomic E-state index is 0.494. The summed E-state index contributed by atoms with van der Waals surface area (Å²) < 4.78 is 1.90. The van der Waals surface area contributed by atoms with Crippen LogP contribution >= 0.6 is 23.2 Å². The van der Waals surface area contributed by atoms with Crippen LogP contribution in [-0.4, -0.2) is 9.55 Å². The Labute approximate surface area is 104 Å². The summed E-state index contributed by atoms with van der Waals surface area (Å²) in [4.78, 5) is 4.03. The van der Waals surface area contributed by atoms with Crippen LogP contribution in [0.2, 0.25) is 10.0 Å². The average molecular weight is 256 g/mol. The Morgan fingerprint density at radius 3 is 2.38 bits per heavy atom. The second-order valence-electron chi connectivity index (χ2n) is 3.62. The van der Waals surface area contributed by atoms with Crippen molar-refractivity contribution in [1.29, 1.82) is 0 Å². The zero-order chi connectivity index (χ0) is 11.7. The van der Waals surface area contributed by atoms with Gasteiger partial charge in [0.25, 0.3) is 0 Å². The smallest absolute Gasteiger partial charge is 0.200 e. The minimum Gasteiger partial charge on any atom is -0.369 e. The fraction of sp³-hybridized carbons (Fsp3) is 0.182. The van der Waals surface area contributed by atoms with Gasteiger partial charge < -0.3 is 10.3 Å². The van der Waals surface area contributed by atoms with Crippen LogP contribution in [0.4, 0.5) is 5.95 Å². The SMILES string of the molecule is Cc1cnc(N)n1Cc1cc(Cl)cc(Cl)c1. The summed E-state index contributed by atoms with van der Waals surface area (Å²) in [6, 6.07) is 5.44. The van der Waals surface area contributed by atoms with Crippen LogP contribution in [0.1, 0.15) is 11.3 Å². The van der Waals surface area contributed by atoms with Crippen molar-refractivity contribution >= 4 is 29.2 Å². The molecule has 5 heteroatoms. The van der Waals surface area contributed by atoms with Crippen LogP contribution < -0.4 is 5.73 Å². The third-order valence-electron chi connectivity index (χ3n) is 2.35. The number of anilines is 1. The highest BCUT2D eigenvalue weighted by atomic mass is 35.5. The van der Waals surface area contributed by atoms with E-state index in [-0.39, 0.29) is 0 Å². The Morgan fingerprint density at radius 1 is 1.25 bits per heavy atom. The number of aryl methyl sites for hydroxylation is 1. The molecule has 16 heavy (non-hydrogen) atoms. The molecule has 2 N–H and O–H groups in total. The largest absolute Gasteiger partial charge is 0.369 e. The molecule has 0 aliphatic carbocycles. The van der Waals surface area contributed by atoms with E-state index in [1.807, 2.05) is 23.6 Å². The predicted octanol–water partition coefficient (Wildman–Crippen LogP) is 3.13. The van der Waals surface area contributed by atoms with Gasteiger partial charge in [-0.1, -0.05) is 23.2 Å². The molecule has 0 atom stereocenters. The van der Waals surface area contributed by atoms with Gasteiger partial charge in [0.2, 0.25) is 5.95 Å². The maximum atomic E-state index is 5.93. The first-order chi connectivity index (χ1) is 7.56. The lowest BCUT2D eigenvalue weighted by Crippen LogP contribution is -2.06. The molecule has 0 aliphatic heterocycles. The summed E-state index contributed by atoms with van der Waals surface area (Å²) in [5, 5.41) is 1.25. The molecule has 1 heterocycles. The molecular formula is C11H11Cl2N3. The standard InChI is InChI=1S/C11H11Cl2N3/c1-7-5-15-11(14)16(7)6-8-2-9(12)4-10(13)3-8/h2-5H,6H2,1H3,(H2,14,15). The number of hydrogen-bond acceptors (Lipinski definition) is 2. The topological polar surface area (TPSA) is 43.8 Å². The summed E-state index contributed by atoms with van der Waals surface area (Å²) in [5.74, 6) is 0.494. The number of imidazole rings is 1. The second kappa shape index (κ2) is 4.36. The van der Waals surface area contributed by atoms with E-state index in [2.05, 4.69) is 4.98 Å². The number of nitrogens with two attached hydrogens (primary N) is 1. The van der Waals surface area contributed by atoms with E-state index >= 15 is 0 Å². The van der Waals surface area contributed by atoms with Crippen LogP contribution in [0.5, 0.6) is 0 Å². The van der Waals surface area contributed by atoms with Crippen molar-refractivity contribution in [3.63, 3.8) is 0 Å². The van der Waals surface area contributed by atoms with Crippen LogP contribution in [0, 0.1) is 6.92 Å². The van der Waals surface area contributed by atoms with Crippen molar-refractivity contribution < 1.29 is 0 Å². The Morgan fingerprint density at radius 2 is 1.88 bits per heavy atom. The molecule has 0 aliphatic rings. The molecular weight excluding hydrogens is 245 g/mol. The quantitative estimate of drug-likeness (QED) is 0.897. The molecule has 0 saturated carbocycles. The number of hydrogen-bond donors (Lipinski definition) is 1. The van der Waals surface area contributed by atoms with Gasteiger partial charge in [0, 0.05) is 15.7 Å². The summed E-state index contributed by atoms with van der Waals surface area (Å²) >= 11 is 11.9. The maximum Gasteiger partial charge on any atom is 0.200 e. The van der Waals surface area contributed by atoms with Crippen molar-refractivity contribution in [2.24, 2.45) is 0 Å². The van der Waals surface area contributed by atoms with E-state index in [0.29, 0.717) is 22.5 Å². The molecule has 0 radical (unpaired) electrons. The van der Waals surface area contributed by atoms with Crippen molar-refractivity contribution in [3.05, 3.63) is 45.7 Å². The van der Waals surface area contributed by atoms with Gasteiger partial charge in [-0.15, -0.1) is 0 Å². The summed E-state index contributed by atoms with van der Waals surface area (Å²) in [7, 11) is 0. The van der Waals surface area contributed by atoms with Crippen molar-refractivity contribution in [2.45, 2.75) is 13.5 Å². The second-order valence-corrected chi connectivity index (χ2v) is 4.49. The predicted molar refractivity (Wildman–Crippen MR) is 66.9 cm³/mol. The Hall–Kier alpha value is -1.19.